The molecule has 5 nitrogen and oxygen atoms in total. The van der Waals surface area contributed by atoms with Crippen molar-refractivity contribution >= 4 is 17.3 Å². The number of benzene rings is 1. The Labute approximate surface area is 123 Å². The number of anilines is 1. The molecule has 3 aliphatic rings. The molecule has 1 amide bonds. The zero-order valence-electron chi connectivity index (χ0n) is 11.8. The zero-order valence-corrected chi connectivity index (χ0v) is 11.8. The number of hydrogen-bond donors (Lipinski definition) is 0. The van der Waals surface area contributed by atoms with Gasteiger partial charge in [-0.15, -0.1) is 0 Å². The molecule has 2 saturated carbocycles. The van der Waals surface area contributed by atoms with Gasteiger partial charge in [-0.25, -0.2) is 0 Å². The molecule has 4 rings (SSSR count). The lowest BCUT2D eigenvalue weighted by molar-refractivity contribution is -0.384. The summed E-state index contributed by atoms with van der Waals surface area (Å²) in [6.45, 7) is 0. The van der Waals surface area contributed by atoms with Gasteiger partial charge in [-0.3, -0.25) is 14.9 Å². The number of fused-ring (bicyclic) bond motifs is 1. The SMILES string of the molecule is O=C1CCc2cc([N+](=O)[O-])ccc2N1C(C1CC1)C1CC1. The van der Waals surface area contributed by atoms with Gasteiger partial charge in [0.05, 0.1) is 4.92 Å². The summed E-state index contributed by atoms with van der Waals surface area (Å²) in [4.78, 5) is 25.0. The quantitative estimate of drug-likeness (QED) is 0.631. The van der Waals surface area contributed by atoms with E-state index in [0.29, 0.717) is 30.7 Å². The smallest absolute Gasteiger partial charge is 0.269 e. The second-order valence-electron chi connectivity index (χ2n) is 6.50. The largest absolute Gasteiger partial charge is 0.309 e. The van der Waals surface area contributed by atoms with E-state index >= 15 is 0 Å². The second-order valence-corrected chi connectivity index (χ2v) is 6.50. The summed E-state index contributed by atoms with van der Waals surface area (Å²) in [7, 11) is 0. The number of hydrogen-bond acceptors (Lipinski definition) is 3. The fourth-order valence-corrected chi connectivity index (χ4v) is 3.63. The lowest BCUT2D eigenvalue weighted by atomic mass is 9.95. The van der Waals surface area contributed by atoms with E-state index in [1.165, 1.54) is 31.7 Å². The Morgan fingerprint density at radius 2 is 1.81 bits per heavy atom. The first kappa shape index (κ1) is 12.8. The van der Waals surface area contributed by atoms with Gasteiger partial charge < -0.3 is 4.90 Å². The maximum atomic E-state index is 12.5. The van der Waals surface area contributed by atoms with Crippen molar-refractivity contribution in [2.24, 2.45) is 11.8 Å². The van der Waals surface area contributed by atoms with E-state index in [1.807, 2.05) is 4.90 Å². The molecule has 1 heterocycles. The van der Waals surface area contributed by atoms with Crippen molar-refractivity contribution < 1.29 is 9.72 Å². The van der Waals surface area contributed by atoms with Crippen LogP contribution in [0.1, 0.15) is 37.7 Å². The summed E-state index contributed by atoms with van der Waals surface area (Å²) in [5.41, 5.74) is 1.99. The second kappa shape index (κ2) is 4.55. The van der Waals surface area contributed by atoms with Crippen LogP contribution in [0, 0.1) is 22.0 Å². The third-order valence-corrected chi connectivity index (χ3v) is 4.92. The maximum Gasteiger partial charge on any atom is 0.269 e. The summed E-state index contributed by atoms with van der Waals surface area (Å²) in [6, 6.07) is 5.29. The minimum Gasteiger partial charge on any atom is -0.309 e. The number of nitro groups is 1. The number of rotatable bonds is 4. The summed E-state index contributed by atoms with van der Waals surface area (Å²) in [5.74, 6) is 1.48. The van der Waals surface area contributed by atoms with Crippen LogP contribution in [0.15, 0.2) is 18.2 Å². The first-order valence-electron chi connectivity index (χ1n) is 7.74. The van der Waals surface area contributed by atoms with Gasteiger partial charge in [-0.05, 0) is 55.6 Å². The van der Waals surface area contributed by atoms with Gasteiger partial charge in [0, 0.05) is 30.3 Å². The minimum absolute atomic E-state index is 0.123. The number of nitrogens with zero attached hydrogens (tertiary/aromatic N) is 2. The van der Waals surface area contributed by atoms with Crippen molar-refractivity contribution in [1.29, 1.82) is 0 Å². The van der Waals surface area contributed by atoms with Gasteiger partial charge in [0.25, 0.3) is 5.69 Å². The third-order valence-electron chi connectivity index (χ3n) is 4.92. The van der Waals surface area contributed by atoms with E-state index < -0.39 is 0 Å². The molecule has 21 heavy (non-hydrogen) atoms. The Hall–Kier alpha value is -1.91. The Balaban J connectivity index is 1.74. The van der Waals surface area contributed by atoms with Crippen molar-refractivity contribution in [1.82, 2.24) is 0 Å². The lowest BCUT2D eigenvalue weighted by Crippen LogP contribution is -2.45. The van der Waals surface area contributed by atoms with Crippen molar-refractivity contribution in [3.8, 4) is 0 Å². The van der Waals surface area contributed by atoms with Crippen LogP contribution in [0.4, 0.5) is 11.4 Å². The van der Waals surface area contributed by atoms with Gasteiger partial charge >= 0.3 is 0 Å². The number of non-ortho nitro benzene ring substituents is 1. The van der Waals surface area contributed by atoms with Crippen LogP contribution >= 0.6 is 0 Å². The normalized spacial score (nSPS) is 21.6. The Kier molecular flexibility index (Phi) is 2.77. The molecule has 1 aromatic rings. The molecule has 0 saturated heterocycles. The van der Waals surface area contributed by atoms with E-state index in [9.17, 15) is 14.9 Å². The molecular weight excluding hydrogens is 268 g/mol. The molecule has 0 aromatic heterocycles. The number of aryl methyl sites for hydroxylation is 1. The fourth-order valence-electron chi connectivity index (χ4n) is 3.63. The molecular formula is C16H18N2O3. The fraction of sp³-hybridized carbons (Fsp3) is 0.562. The topological polar surface area (TPSA) is 63.4 Å². The molecule has 0 radical (unpaired) electrons. The van der Waals surface area contributed by atoms with Crippen LogP contribution in [0.2, 0.25) is 0 Å². The van der Waals surface area contributed by atoms with E-state index in [4.69, 9.17) is 0 Å². The van der Waals surface area contributed by atoms with Crippen LogP contribution in [0.3, 0.4) is 0 Å². The number of nitro benzene ring substituents is 1. The maximum absolute atomic E-state index is 12.5. The summed E-state index contributed by atoms with van der Waals surface area (Å²) >= 11 is 0. The average molecular weight is 286 g/mol. The first-order chi connectivity index (χ1) is 10.1. The highest BCUT2D eigenvalue weighted by Crippen LogP contribution is 2.49. The Morgan fingerprint density at radius 1 is 1.14 bits per heavy atom. The summed E-state index contributed by atoms with van der Waals surface area (Å²) in [6.07, 6.45) is 5.96. The molecule has 1 aromatic carbocycles. The van der Waals surface area contributed by atoms with Crippen LogP contribution in [-0.4, -0.2) is 16.9 Å². The van der Waals surface area contributed by atoms with Crippen LogP contribution in [-0.2, 0) is 11.2 Å². The van der Waals surface area contributed by atoms with Crippen molar-refractivity contribution in [3.63, 3.8) is 0 Å². The minimum atomic E-state index is -0.361. The van der Waals surface area contributed by atoms with E-state index in [-0.39, 0.29) is 16.5 Å². The van der Waals surface area contributed by atoms with E-state index in [0.717, 1.165) is 11.3 Å². The predicted octanol–water partition coefficient (Wildman–Crippen LogP) is 3.06. The molecule has 0 bridgehead atoms. The first-order valence-corrected chi connectivity index (χ1v) is 7.74. The average Bonchev–Trinajstić information content (AvgIpc) is 3.35. The van der Waals surface area contributed by atoms with Crippen LogP contribution in [0.25, 0.3) is 0 Å². The van der Waals surface area contributed by atoms with Gasteiger partial charge in [-0.1, -0.05) is 0 Å². The number of carbonyl (C=O) groups is 1. The van der Waals surface area contributed by atoms with Crippen molar-refractivity contribution in [2.75, 3.05) is 4.90 Å². The summed E-state index contributed by atoms with van der Waals surface area (Å²) < 4.78 is 0. The van der Waals surface area contributed by atoms with Gasteiger partial charge in [0.15, 0.2) is 0 Å². The lowest BCUT2D eigenvalue weighted by Gasteiger charge is -2.36. The molecule has 0 N–H and O–H groups in total. The molecule has 5 heteroatoms. The molecule has 110 valence electrons. The highest BCUT2D eigenvalue weighted by atomic mass is 16.6. The highest BCUT2D eigenvalue weighted by Gasteiger charge is 2.47. The van der Waals surface area contributed by atoms with Crippen molar-refractivity contribution in [3.05, 3.63) is 33.9 Å². The Morgan fingerprint density at radius 3 is 2.38 bits per heavy atom. The van der Waals surface area contributed by atoms with Gasteiger partial charge in [0.1, 0.15) is 0 Å². The number of amides is 1. The standard InChI is InChI=1S/C16H18N2O3/c19-15-8-5-12-9-13(18(20)21)6-7-14(12)17(15)16(10-1-2-10)11-3-4-11/h6-7,9-11,16H,1-5,8H2. The molecule has 0 atom stereocenters. The molecule has 0 unspecified atom stereocenters. The van der Waals surface area contributed by atoms with Crippen LogP contribution < -0.4 is 4.90 Å². The molecule has 0 spiro atoms. The third kappa shape index (κ3) is 2.20. The molecule has 2 aliphatic carbocycles. The van der Waals surface area contributed by atoms with Gasteiger partial charge in [0.2, 0.25) is 5.91 Å². The number of carbonyl (C=O) groups excluding carboxylic acids is 1. The predicted molar refractivity (Wildman–Crippen MR) is 78.1 cm³/mol. The zero-order chi connectivity index (χ0) is 14.6. The molecule has 2 fully saturated rings. The summed E-state index contributed by atoms with van der Waals surface area (Å²) in [5, 5.41) is 10.9. The van der Waals surface area contributed by atoms with Gasteiger partial charge in [-0.2, -0.15) is 0 Å². The van der Waals surface area contributed by atoms with E-state index in [1.54, 1.807) is 12.1 Å². The van der Waals surface area contributed by atoms with Crippen LogP contribution in [0.5, 0.6) is 0 Å². The highest BCUT2D eigenvalue weighted by molar-refractivity contribution is 5.97. The Bertz CT molecular complexity index is 608. The van der Waals surface area contributed by atoms with Crippen molar-refractivity contribution in [2.45, 2.75) is 44.6 Å². The molecule has 1 aliphatic heterocycles. The van der Waals surface area contributed by atoms with E-state index in [2.05, 4.69) is 0 Å². The monoisotopic (exact) mass is 286 g/mol.